The zero-order valence-electron chi connectivity index (χ0n) is 7.22. The van der Waals surface area contributed by atoms with Gasteiger partial charge in [-0.1, -0.05) is 0 Å². The Balaban J connectivity index is 2.54. The largest absolute Gasteiger partial charge is 0.306 e. The minimum Gasteiger partial charge on any atom is -0.306 e. The number of likely N-dealkylation sites (tertiary alicyclic amines) is 1. The van der Waals surface area contributed by atoms with Crippen LogP contribution in [0.1, 0.15) is 12.8 Å². The lowest BCUT2D eigenvalue weighted by atomic mass is 9.98. The van der Waals surface area contributed by atoms with Crippen molar-refractivity contribution in [2.75, 3.05) is 27.2 Å². The third-order valence-electron chi connectivity index (χ3n) is 2.49. The second-order valence-corrected chi connectivity index (χ2v) is 3.20. The highest BCUT2D eigenvalue weighted by Crippen LogP contribution is 2.21. The van der Waals surface area contributed by atoms with E-state index in [0.717, 1.165) is 25.9 Å². The average Bonchev–Trinajstić information content (AvgIpc) is 2.07. The van der Waals surface area contributed by atoms with Gasteiger partial charge in [0.05, 0.1) is 12.8 Å². The molecule has 62 valence electrons. The van der Waals surface area contributed by atoms with Gasteiger partial charge in [0.15, 0.2) is 0 Å². The topological polar surface area (TPSA) is 19.6 Å². The van der Waals surface area contributed by atoms with Gasteiger partial charge in [0.25, 0.3) is 5.66 Å². The molecule has 0 atom stereocenters. The predicted octanol–water partition coefficient (Wildman–Crippen LogP) is 0.547. The van der Waals surface area contributed by atoms with Crippen LogP contribution in [0.15, 0.2) is 0 Å². The fraction of sp³-hybridized carbons (Fsp3) is 0.875. The molecule has 0 bridgehead atoms. The molecule has 1 heterocycles. The molecule has 0 unspecified atom stereocenters. The SMILES string of the molecule is [C-]#[N+]C1(NC)CCN(C)CC1. The van der Waals surface area contributed by atoms with E-state index in [-0.39, 0.29) is 5.66 Å². The molecule has 0 aromatic rings. The molecule has 1 aliphatic heterocycles. The number of nitrogens with one attached hydrogen (secondary N) is 1. The summed E-state index contributed by atoms with van der Waals surface area (Å²) in [6, 6.07) is 0. The van der Waals surface area contributed by atoms with Crippen LogP contribution < -0.4 is 5.32 Å². The highest BCUT2D eigenvalue weighted by Gasteiger charge is 2.37. The highest BCUT2D eigenvalue weighted by atomic mass is 15.2. The van der Waals surface area contributed by atoms with E-state index in [0.29, 0.717) is 0 Å². The first kappa shape index (κ1) is 8.51. The van der Waals surface area contributed by atoms with Crippen LogP contribution >= 0.6 is 0 Å². The molecule has 1 N–H and O–H groups in total. The summed E-state index contributed by atoms with van der Waals surface area (Å²) in [6.45, 7) is 9.12. The molecule has 1 rings (SSSR count). The van der Waals surface area contributed by atoms with Crippen molar-refractivity contribution in [3.8, 4) is 0 Å². The number of hydrogen-bond donors (Lipinski definition) is 1. The van der Waals surface area contributed by atoms with E-state index in [4.69, 9.17) is 6.57 Å². The lowest BCUT2D eigenvalue weighted by molar-refractivity contribution is 0.197. The molecule has 0 amide bonds. The molecule has 1 fully saturated rings. The van der Waals surface area contributed by atoms with Crippen LogP contribution in [0.25, 0.3) is 4.85 Å². The van der Waals surface area contributed by atoms with E-state index < -0.39 is 0 Å². The molecule has 3 heteroatoms. The van der Waals surface area contributed by atoms with E-state index in [1.165, 1.54) is 0 Å². The summed E-state index contributed by atoms with van der Waals surface area (Å²) < 4.78 is 0. The fourth-order valence-corrected chi connectivity index (χ4v) is 1.41. The lowest BCUT2D eigenvalue weighted by Gasteiger charge is -2.30. The van der Waals surface area contributed by atoms with Gasteiger partial charge in [0, 0.05) is 13.1 Å². The van der Waals surface area contributed by atoms with Crippen molar-refractivity contribution >= 4 is 0 Å². The predicted molar refractivity (Wildman–Crippen MR) is 45.1 cm³/mol. The summed E-state index contributed by atoms with van der Waals surface area (Å²) in [5, 5.41) is 3.11. The Morgan fingerprint density at radius 1 is 1.45 bits per heavy atom. The van der Waals surface area contributed by atoms with Crippen molar-refractivity contribution in [3.63, 3.8) is 0 Å². The zero-order valence-corrected chi connectivity index (χ0v) is 7.22. The van der Waals surface area contributed by atoms with Crippen LogP contribution in [0.2, 0.25) is 0 Å². The van der Waals surface area contributed by atoms with Crippen molar-refractivity contribution in [2.45, 2.75) is 18.5 Å². The van der Waals surface area contributed by atoms with Crippen molar-refractivity contribution in [2.24, 2.45) is 0 Å². The van der Waals surface area contributed by atoms with E-state index in [1.807, 2.05) is 7.05 Å². The van der Waals surface area contributed by atoms with Gasteiger partial charge >= 0.3 is 0 Å². The Labute approximate surface area is 68.2 Å². The first-order valence-electron chi connectivity index (χ1n) is 3.98. The minimum absolute atomic E-state index is 0.257. The number of hydrogen-bond acceptors (Lipinski definition) is 2. The molecule has 3 nitrogen and oxygen atoms in total. The molecule has 0 spiro atoms. The minimum atomic E-state index is -0.257. The van der Waals surface area contributed by atoms with Gasteiger partial charge in [0.1, 0.15) is 0 Å². The molecular formula is C8H15N3. The maximum atomic E-state index is 7.05. The summed E-state index contributed by atoms with van der Waals surface area (Å²) in [4.78, 5) is 5.91. The summed E-state index contributed by atoms with van der Waals surface area (Å²) >= 11 is 0. The Hall–Kier alpha value is -0.590. The monoisotopic (exact) mass is 153 g/mol. The summed E-state index contributed by atoms with van der Waals surface area (Å²) in [7, 11) is 3.98. The van der Waals surface area contributed by atoms with Crippen LogP contribution in [0.4, 0.5) is 0 Å². The van der Waals surface area contributed by atoms with Crippen molar-refractivity contribution < 1.29 is 0 Å². The van der Waals surface area contributed by atoms with Crippen LogP contribution in [0.3, 0.4) is 0 Å². The average molecular weight is 153 g/mol. The van der Waals surface area contributed by atoms with Crippen LogP contribution in [0, 0.1) is 6.57 Å². The van der Waals surface area contributed by atoms with Crippen LogP contribution in [-0.2, 0) is 0 Å². The smallest absolute Gasteiger partial charge is 0.288 e. The standard InChI is InChI=1S/C8H15N3/c1-9-8(10-2)4-6-11(3)7-5-8/h9H,4-7H2,1,3H3. The lowest BCUT2D eigenvalue weighted by Crippen LogP contribution is -2.48. The maximum absolute atomic E-state index is 7.05. The van der Waals surface area contributed by atoms with E-state index in [2.05, 4.69) is 22.1 Å². The van der Waals surface area contributed by atoms with E-state index in [9.17, 15) is 0 Å². The van der Waals surface area contributed by atoms with E-state index >= 15 is 0 Å². The molecule has 0 radical (unpaired) electrons. The van der Waals surface area contributed by atoms with Gasteiger partial charge in [-0.3, -0.25) is 4.85 Å². The second-order valence-electron chi connectivity index (χ2n) is 3.20. The molecule has 1 saturated heterocycles. The highest BCUT2D eigenvalue weighted by molar-refractivity contribution is 4.98. The van der Waals surface area contributed by atoms with E-state index in [1.54, 1.807) is 0 Å². The third kappa shape index (κ3) is 1.70. The van der Waals surface area contributed by atoms with Gasteiger partial charge in [-0.15, -0.1) is 0 Å². The van der Waals surface area contributed by atoms with Crippen molar-refractivity contribution in [1.29, 1.82) is 0 Å². The number of rotatable bonds is 1. The van der Waals surface area contributed by atoms with Gasteiger partial charge in [-0.05, 0) is 14.1 Å². The fourth-order valence-electron chi connectivity index (χ4n) is 1.41. The van der Waals surface area contributed by atoms with Gasteiger partial charge in [-0.2, -0.15) is 0 Å². The number of piperidine rings is 1. The molecule has 0 saturated carbocycles. The Kier molecular flexibility index (Phi) is 2.48. The Bertz CT molecular complexity index is 163. The molecule has 0 aliphatic carbocycles. The summed E-state index contributed by atoms with van der Waals surface area (Å²) in [5.74, 6) is 0. The molecule has 0 aromatic carbocycles. The maximum Gasteiger partial charge on any atom is 0.288 e. The van der Waals surface area contributed by atoms with Gasteiger partial charge in [0.2, 0.25) is 0 Å². The van der Waals surface area contributed by atoms with Crippen molar-refractivity contribution in [1.82, 2.24) is 10.2 Å². The molecular weight excluding hydrogens is 138 g/mol. The molecule has 0 aromatic heterocycles. The van der Waals surface area contributed by atoms with Gasteiger partial charge in [-0.25, -0.2) is 11.9 Å². The number of nitrogens with zero attached hydrogens (tertiary/aromatic N) is 2. The van der Waals surface area contributed by atoms with Crippen LogP contribution in [-0.4, -0.2) is 37.7 Å². The summed E-state index contributed by atoms with van der Waals surface area (Å²) in [5.41, 5.74) is -0.257. The second kappa shape index (κ2) is 3.21. The first-order valence-corrected chi connectivity index (χ1v) is 3.98. The Morgan fingerprint density at radius 3 is 2.36 bits per heavy atom. The van der Waals surface area contributed by atoms with Crippen molar-refractivity contribution in [3.05, 3.63) is 11.4 Å². The normalized spacial score (nSPS) is 24.5. The zero-order chi connectivity index (χ0) is 8.32. The molecule has 1 aliphatic rings. The third-order valence-corrected chi connectivity index (χ3v) is 2.49. The first-order chi connectivity index (χ1) is 5.22. The van der Waals surface area contributed by atoms with Gasteiger partial charge < -0.3 is 4.90 Å². The summed E-state index contributed by atoms with van der Waals surface area (Å²) in [6.07, 6.45) is 1.90. The molecule has 11 heavy (non-hydrogen) atoms. The van der Waals surface area contributed by atoms with Crippen LogP contribution in [0.5, 0.6) is 0 Å². The quantitative estimate of drug-likeness (QED) is 0.555. The Morgan fingerprint density at radius 2 is 2.00 bits per heavy atom.